The molecule has 1 saturated heterocycles. The molecule has 1 saturated carbocycles. The molecule has 1 aliphatic carbocycles. The van der Waals surface area contributed by atoms with Gasteiger partial charge in [0.25, 0.3) is 21.7 Å². The zero-order valence-corrected chi connectivity index (χ0v) is 22.1. The van der Waals surface area contributed by atoms with E-state index in [0.29, 0.717) is 35.6 Å². The van der Waals surface area contributed by atoms with Crippen molar-refractivity contribution in [3.05, 3.63) is 88.7 Å². The van der Waals surface area contributed by atoms with Crippen LogP contribution in [0.1, 0.15) is 34.5 Å². The van der Waals surface area contributed by atoms with Crippen LogP contribution in [-0.4, -0.2) is 47.2 Å². The normalized spacial score (nSPS) is 16.5. The second-order valence-corrected chi connectivity index (χ2v) is 11.7. The van der Waals surface area contributed by atoms with Gasteiger partial charge in [0.2, 0.25) is 0 Å². The van der Waals surface area contributed by atoms with Crippen molar-refractivity contribution in [1.82, 2.24) is 15.2 Å². The minimum Gasteiger partial charge on any atom is -0.347 e. The third-order valence-electron chi connectivity index (χ3n) is 6.74. The predicted octanol–water partition coefficient (Wildman–Crippen LogP) is 4.46. The van der Waals surface area contributed by atoms with Crippen LogP contribution in [0.5, 0.6) is 0 Å². The number of pyridine rings is 1. The van der Waals surface area contributed by atoms with Gasteiger partial charge in [-0.1, -0.05) is 23.7 Å². The Morgan fingerprint density at radius 3 is 2.25 bits per heavy atom. The first kappa shape index (κ1) is 27.6. The van der Waals surface area contributed by atoms with Gasteiger partial charge in [0.1, 0.15) is 11.2 Å². The van der Waals surface area contributed by atoms with E-state index >= 15 is 0 Å². The molecular weight excluding hydrogens is 573 g/mol. The smallest absolute Gasteiger partial charge is 0.347 e. The molecule has 2 aromatic carbocycles. The lowest BCUT2D eigenvalue weighted by atomic mass is 10.1. The standard InChI is InChI=1S/C26H20ClF3N4O5S/c27-18-3-1-16(2-4-18)14-32-22(35)21-13-17(9-12-31-21)15-33-24(37)34(23(36)25(33)10-11-25)19-5-7-20(8-6-19)40(38,39)26(28,29)30/h1-9,12-13H,10-11,14-15H2,(H,32,35). The van der Waals surface area contributed by atoms with E-state index in [4.69, 9.17) is 11.6 Å². The number of rotatable bonds is 7. The number of hydrogen-bond donors (Lipinski definition) is 1. The number of sulfone groups is 1. The number of nitrogens with zero attached hydrogens (tertiary/aromatic N) is 3. The summed E-state index contributed by atoms with van der Waals surface area (Å²) in [5, 5.41) is 3.32. The second kappa shape index (κ2) is 9.89. The summed E-state index contributed by atoms with van der Waals surface area (Å²) in [6.45, 7) is 0.212. The summed E-state index contributed by atoms with van der Waals surface area (Å²) in [4.78, 5) is 44.5. The number of benzene rings is 2. The quantitative estimate of drug-likeness (QED) is 0.405. The lowest BCUT2D eigenvalue weighted by molar-refractivity contribution is -0.120. The molecule has 0 unspecified atom stereocenters. The van der Waals surface area contributed by atoms with Crippen molar-refractivity contribution in [1.29, 1.82) is 0 Å². The highest BCUT2D eigenvalue weighted by molar-refractivity contribution is 7.92. The number of nitrogens with one attached hydrogen (secondary N) is 1. The Morgan fingerprint density at radius 2 is 1.65 bits per heavy atom. The van der Waals surface area contributed by atoms with Crippen LogP contribution in [0, 0.1) is 0 Å². The Bertz CT molecular complexity index is 1610. The van der Waals surface area contributed by atoms with E-state index in [1.807, 2.05) is 0 Å². The predicted molar refractivity (Wildman–Crippen MR) is 137 cm³/mol. The van der Waals surface area contributed by atoms with Crippen LogP contribution in [0.25, 0.3) is 0 Å². The molecule has 1 N–H and O–H groups in total. The molecule has 208 valence electrons. The number of amides is 4. The van der Waals surface area contributed by atoms with Gasteiger partial charge in [0.15, 0.2) is 0 Å². The fourth-order valence-corrected chi connectivity index (χ4v) is 5.31. The summed E-state index contributed by atoms with van der Waals surface area (Å²) in [5.74, 6) is -1.00. The molecule has 1 aromatic heterocycles. The van der Waals surface area contributed by atoms with Gasteiger partial charge in [-0.15, -0.1) is 0 Å². The maximum absolute atomic E-state index is 13.3. The Hall–Kier alpha value is -3.97. The van der Waals surface area contributed by atoms with Crippen LogP contribution >= 0.6 is 11.6 Å². The Labute approximate surface area is 231 Å². The first-order valence-corrected chi connectivity index (χ1v) is 13.7. The molecule has 14 heteroatoms. The van der Waals surface area contributed by atoms with E-state index in [1.165, 1.54) is 17.2 Å². The second-order valence-electron chi connectivity index (χ2n) is 9.34. The molecule has 1 spiro atoms. The van der Waals surface area contributed by atoms with Gasteiger partial charge in [-0.3, -0.25) is 14.6 Å². The highest BCUT2D eigenvalue weighted by atomic mass is 35.5. The van der Waals surface area contributed by atoms with E-state index in [0.717, 1.165) is 22.6 Å². The van der Waals surface area contributed by atoms with Gasteiger partial charge in [-0.25, -0.2) is 18.1 Å². The fraction of sp³-hybridized carbons (Fsp3) is 0.231. The zero-order valence-electron chi connectivity index (χ0n) is 20.5. The number of alkyl halides is 3. The monoisotopic (exact) mass is 592 g/mol. The summed E-state index contributed by atoms with van der Waals surface area (Å²) in [6.07, 6.45) is 2.17. The van der Waals surface area contributed by atoms with E-state index in [9.17, 15) is 36.0 Å². The minimum absolute atomic E-state index is 0.0262. The van der Waals surface area contributed by atoms with Crippen LogP contribution in [-0.2, 0) is 27.7 Å². The number of hydrogen-bond acceptors (Lipinski definition) is 6. The average Bonchev–Trinajstić information content (AvgIpc) is 3.70. The topological polar surface area (TPSA) is 117 Å². The van der Waals surface area contributed by atoms with Crippen LogP contribution in [0.15, 0.2) is 71.8 Å². The number of carbonyl (C=O) groups is 3. The molecule has 2 aliphatic rings. The zero-order chi connectivity index (χ0) is 28.9. The number of anilines is 1. The van der Waals surface area contributed by atoms with E-state index in [2.05, 4.69) is 10.3 Å². The lowest BCUT2D eigenvalue weighted by Crippen LogP contribution is -2.36. The molecule has 0 radical (unpaired) electrons. The van der Waals surface area contributed by atoms with Gasteiger partial charge in [-0.2, -0.15) is 13.2 Å². The molecule has 2 heterocycles. The fourth-order valence-electron chi connectivity index (χ4n) is 4.43. The third-order valence-corrected chi connectivity index (χ3v) is 8.49. The maximum Gasteiger partial charge on any atom is 0.501 e. The third kappa shape index (κ3) is 4.90. The highest BCUT2D eigenvalue weighted by Crippen LogP contribution is 2.49. The molecule has 0 atom stereocenters. The Balaban J connectivity index is 1.32. The van der Waals surface area contributed by atoms with E-state index in [-0.39, 0.29) is 24.5 Å². The van der Waals surface area contributed by atoms with Gasteiger partial charge in [0.05, 0.1) is 10.6 Å². The summed E-state index contributed by atoms with van der Waals surface area (Å²) in [5.41, 5.74) is -5.19. The molecule has 9 nitrogen and oxygen atoms in total. The molecule has 0 bridgehead atoms. The molecular formula is C26H20ClF3N4O5S. The van der Waals surface area contributed by atoms with Crippen molar-refractivity contribution < 1.29 is 36.0 Å². The minimum atomic E-state index is -5.58. The summed E-state index contributed by atoms with van der Waals surface area (Å²) in [6, 6.07) is 12.7. The molecule has 1 aliphatic heterocycles. The number of aromatic nitrogens is 1. The van der Waals surface area contributed by atoms with Crippen molar-refractivity contribution in [2.24, 2.45) is 0 Å². The molecule has 3 aromatic rings. The molecule has 5 rings (SSSR count). The van der Waals surface area contributed by atoms with Crippen molar-refractivity contribution >= 4 is 45.0 Å². The summed E-state index contributed by atoms with van der Waals surface area (Å²) >= 11 is 5.87. The first-order chi connectivity index (χ1) is 18.8. The van der Waals surface area contributed by atoms with Gasteiger partial charge < -0.3 is 10.2 Å². The van der Waals surface area contributed by atoms with Crippen molar-refractivity contribution in [2.75, 3.05) is 4.90 Å². The Kier molecular flexibility index (Phi) is 6.83. The van der Waals surface area contributed by atoms with Crippen molar-refractivity contribution in [3.8, 4) is 0 Å². The molecule has 40 heavy (non-hydrogen) atoms. The van der Waals surface area contributed by atoms with Gasteiger partial charge >= 0.3 is 11.5 Å². The molecule has 2 fully saturated rings. The van der Waals surface area contributed by atoms with Crippen LogP contribution < -0.4 is 10.2 Å². The van der Waals surface area contributed by atoms with Gasteiger partial charge in [-0.05, 0) is 72.5 Å². The SMILES string of the molecule is O=C(NCc1ccc(Cl)cc1)c1cc(CN2C(=O)N(c3ccc(S(=O)(=O)C(F)(F)F)cc3)C(=O)C23CC3)ccn1. The van der Waals surface area contributed by atoms with Crippen LogP contribution in [0.4, 0.5) is 23.7 Å². The largest absolute Gasteiger partial charge is 0.501 e. The maximum atomic E-state index is 13.3. The van der Waals surface area contributed by atoms with Crippen molar-refractivity contribution in [2.45, 2.75) is 41.9 Å². The van der Waals surface area contributed by atoms with Crippen LogP contribution in [0.3, 0.4) is 0 Å². The number of imide groups is 1. The summed E-state index contributed by atoms with van der Waals surface area (Å²) in [7, 11) is -5.58. The van der Waals surface area contributed by atoms with Crippen LogP contribution in [0.2, 0.25) is 5.02 Å². The van der Waals surface area contributed by atoms with E-state index < -0.39 is 43.6 Å². The average molecular weight is 593 g/mol. The lowest BCUT2D eigenvalue weighted by Gasteiger charge is -2.21. The number of halogens is 4. The number of urea groups is 1. The summed E-state index contributed by atoms with van der Waals surface area (Å²) < 4.78 is 62.0. The van der Waals surface area contributed by atoms with Crippen molar-refractivity contribution in [3.63, 3.8) is 0 Å². The first-order valence-electron chi connectivity index (χ1n) is 11.9. The highest BCUT2D eigenvalue weighted by Gasteiger charge is 2.65. The van der Waals surface area contributed by atoms with Gasteiger partial charge in [0, 0.05) is 24.3 Å². The van der Waals surface area contributed by atoms with E-state index in [1.54, 1.807) is 30.3 Å². The number of carbonyl (C=O) groups excluding carboxylic acids is 3. The Morgan fingerprint density at radius 1 is 1.00 bits per heavy atom. The molecule has 4 amide bonds.